The Balaban J connectivity index is 0.000000486. The molecular formula is C12H25N3O5S. The zero-order valence-electron chi connectivity index (χ0n) is 13.1. The number of amidine groups is 1. The smallest absolute Gasteiger partial charge is 0.258 e. The fourth-order valence-corrected chi connectivity index (χ4v) is 2.12. The maximum atomic E-state index is 10.7. The Morgan fingerprint density at radius 1 is 1.48 bits per heavy atom. The summed E-state index contributed by atoms with van der Waals surface area (Å²) in [5.74, 6) is 0.988. The van der Waals surface area contributed by atoms with E-state index in [1.165, 1.54) is 12.8 Å². The van der Waals surface area contributed by atoms with E-state index in [-0.39, 0.29) is 11.7 Å². The minimum Gasteiger partial charge on any atom is -0.707 e. The highest BCUT2D eigenvalue weighted by atomic mass is 32.2. The molecule has 0 aromatic rings. The SMILES string of the molecule is CCS(=O)(=O)O[O-].CC[N+]1(CCNC(C)=O)CCN=C1C. The first-order chi connectivity index (χ1) is 9.73. The van der Waals surface area contributed by atoms with E-state index in [0.717, 1.165) is 37.2 Å². The number of nitrogens with zero attached hydrogens (tertiary/aromatic N) is 2. The van der Waals surface area contributed by atoms with Crippen LogP contribution in [0.1, 0.15) is 27.7 Å². The molecule has 21 heavy (non-hydrogen) atoms. The van der Waals surface area contributed by atoms with Crippen molar-refractivity contribution < 1.29 is 27.3 Å². The van der Waals surface area contributed by atoms with Gasteiger partial charge in [-0.05, 0) is 13.8 Å². The molecule has 1 amide bonds. The Morgan fingerprint density at radius 2 is 2.10 bits per heavy atom. The summed E-state index contributed by atoms with van der Waals surface area (Å²) < 4.78 is 23.4. The highest BCUT2D eigenvalue weighted by Crippen LogP contribution is 2.13. The molecule has 1 aliphatic rings. The van der Waals surface area contributed by atoms with Crippen molar-refractivity contribution >= 4 is 21.9 Å². The summed E-state index contributed by atoms with van der Waals surface area (Å²) >= 11 is 0. The maximum absolute atomic E-state index is 10.7. The van der Waals surface area contributed by atoms with Crippen LogP contribution in [0, 0.1) is 0 Å². The molecule has 0 spiro atoms. The van der Waals surface area contributed by atoms with Crippen LogP contribution in [0.2, 0.25) is 0 Å². The first-order valence-electron chi connectivity index (χ1n) is 6.89. The van der Waals surface area contributed by atoms with Crippen molar-refractivity contribution in [2.24, 2.45) is 4.99 Å². The highest BCUT2D eigenvalue weighted by molar-refractivity contribution is 7.86. The zero-order chi connectivity index (χ0) is 16.5. The molecule has 9 heteroatoms. The maximum Gasteiger partial charge on any atom is 0.258 e. The molecule has 0 aromatic heterocycles. The predicted molar refractivity (Wildman–Crippen MR) is 77.7 cm³/mol. The Labute approximate surface area is 126 Å². The average Bonchev–Trinajstić information content (AvgIpc) is 2.81. The van der Waals surface area contributed by atoms with E-state index in [2.05, 4.69) is 28.5 Å². The standard InChI is InChI=1S/C10H19N3O.C2H6O4S/c1-4-13(7-5-11-9(13)2)8-6-12-10(3)14;1-2-7(4,5)6-3/h4-8H2,1-3H3;3H,2H2,1H3. The lowest BCUT2D eigenvalue weighted by atomic mass is 10.3. The molecule has 124 valence electrons. The van der Waals surface area contributed by atoms with Gasteiger partial charge in [0.05, 0.1) is 25.4 Å². The van der Waals surface area contributed by atoms with Gasteiger partial charge in [-0.25, -0.2) is 13.4 Å². The molecule has 0 fully saturated rings. The van der Waals surface area contributed by atoms with Gasteiger partial charge in [-0.2, -0.15) is 0 Å². The fraction of sp³-hybridized carbons (Fsp3) is 0.833. The number of hydrogen-bond acceptors (Lipinski definition) is 6. The first-order valence-corrected chi connectivity index (χ1v) is 8.47. The van der Waals surface area contributed by atoms with E-state index >= 15 is 0 Å². The van der Waals surface area contributed by atoms with Gasteiger partial charge in [-0.15, -0.1) is 0 Å². The van der Waals surface area contributed by atoms with Crippen LogP contribution in [0.15, 0.2) is 4.99 Å². The first kappa shape index (κ1) is 20.0. The summed E-state index contributed by atoms with van der Waals surface area (Å²) in [4.78, 5) is 15.2. The van der Waals surface area contributed by atoms with Gasteiger partial charge >= 0.3 is 0 Å². The van der Waals surface area contributed by atoms with Gasteiger partial charge in [0.15, 0.2) is 5.84 Å². The van der Waals surface area contributed by atoms with E-state index in [1.807, 2.05) is 0 Å². The van der Waals surface area contributed by atoms with Crippen molar-refractivity contribution in [3.05, 3.63) is 0 Å². The van der Waals surface area contributed by atoms with E-state index in [0.29, 0.717) is 0 Å². The molecule has 0 saturated heterocycles. The summed E-state index contributed by atoms with van der Waals surface area (Å²) in [7, 11) is -3.71. The van der Waals surface area contributed by atoms with Gasteiger partial charge in [-0.1, -0.05) is 0 Å². The van der Waals surface area contributed by atoms with Crippen LogP contribution >= 0.6 is 0 Å². The Bertz CT molecular complexity index is 454. The topological polar surface area (TPSA) is 108 Å². The van der Waals surface area contributed by atoms with Crippen LogP contribution in [0.25, 0.3) is 0 Å². The lowest BCUT2D eigenvalue weighted by Gasteiger charge is -2.32. The molecular weight excluding hydrogens is 298 g/mol. The second kappa shape index (κ2) is 9.08. The summed E-state index contributed by atoms with van der Waals surface area (Å²) in [6.45, 7) is 11.9. The number of aliphatic imine (C=N–C) groups is 1. The number of carbonyl (C=O) groups excluding carboxylic acids is 1. The van der Waals surface area contributed by atoms with E-state index in [1.54, 1.807) is 6.92 Å². The van der Waals surface area contributed by atoms with Crippen molar-refractivity contribution in [2.75, 3.05) is 38.5 Å². The van der Waals surface area contributed by atoms with Gasteiger partial charge in [0.2, 0.25) is 5.91 Å². The van der Waals surface area contributed by atoms with Gasteiger partial charge in [0.25, 0.3) is 10.1 Å². The minimum atomic E-state index is -3.71. The number of hydrogen-bond donors (Lipinski definition) is 1. The average molecular weight is 323 g/mol. The Hall–Kier alpha value is -1.03. The minimum absolute atomic E-state index is 0.0491. The quantitative estimate of drug-likeness (QED) is 0.384. The lowest BCUT2D eigenvalue weighted by Crippen LogP contribution is -2.53. The normalized spacial score (nSPS) is 21.3. The summed E-state index contributed by atoms with van der Waals surface area (Å²) in [6, 6.07) is 0. The lowest BCUT2D eigenvalue weighted by molar-refractivity contribution is -0.832. The van der Waals surface area contributed by atoms with Crippen LogP contribution in [0.4, 0.5) is 0 Å². The molecule has 1 N–H and O–H groups in total. The summed E-state index contributed by atoms with van der Waals surface area (Å²) in [5.41, 5.74) is 0. The van der Waals surface area contributed by atoms with Crippen molar-refractivity contribution in [1.29, 1.82) is 0 Å². The molecule has 0 bridgehead atoms. The summed E-state index contributed by atoms with van der Waals surface area (Å²) in [5, 5.41) is 11.9. The molecule has 1 rings (SSSR count). The van der Waals surface area contributed by atoms with Gasteiger partial charge in [0.1, 0.15) is 13.1 Å². The van der Waals surface area contributed by atoms with Crippen LogP contribution in [0.5, 0.6) is 0 Å². The molecule has 0 radical (unpaired) electrons. The Morgan fingerprint density at radius 3 is 2.38 bits per heavy atom. The van der Waals surface area contributed by atoms with Gasteiger partial charge in [-0.3, -0.25) is 9.28 Å². The number of amides is 1. The molecule has 1 unspecified atom stereocenters. The molecule has 0 aliphatic carbocycles. The number of rotatable bonds is 6. The molecule has 8 nitrogen and oxygen atoms in total. The second-order valence-electron chi connectivity index (χ2n) is 4.73. The third-order valence-corrected chi connectivity index (χ3v) is 4.45. The summed E-state index contributed by atoms with van der Waals surface area (Å²) in [6.07, 6.45) is 0. The third-order valence-electron chi connectivity index (χ3n) is 3.53. The molecule has 0 saturated carbocycles. The number of likely N-dealkylation sites (N-methyl/N-ethyl adjacent to an activating group) is 1. The molecule has 1 aliphatic heterocycles. The Kier molecular flexibility index (Phi) is 8.64. The van der Waals surface area contributed by atoms with E-state index in [9.17, 15) is 13.2 Å². The van der Waals surface area contributed by atoms with E-state index in [4.69, 9.17) is 5.26 Å². The number of carbonyl (C=O) groups is 1. The second-order valence-corrected chi connectivity index (χ2v) is 6.56. The highest BCUT2D eigenvalue weighted by Gasteiger charge is 2.32. The number of nitrogens with one attached hydrogen (secondary N) is 1. The van der Waals surface area contributed by atoms with Crippen LogP contribution in [0.3, 0.4) is 0 Å². The molecule has 1 atom stereocenters. The van der Waals surface area contributed by atoms with Crippen LogP contribution < -0.4 is 10.6 Å². The van der Waals surface area contributed by atoms with E-state index < -0.39 is 10.1 Å². The van der Waals surface area contributed by atoms with Crippen LogP contribution in [-0.2, 0) is 19.2 Å². The van der Waals surface area contributed by atoms with Crippen molar-refractivity contribution in [1.82, 2.24) is 5.32 Å². The zero-order valence-corrected chi connectivity index (χ0v) is 13.9. The molecule has 0 aromatic carbocycles. The van der Waals surface area contributed by atoms with Crippen molar-refractivity contribution in [3.8, 4) is 0 Å². The van der Waals surface area contributed by atoms with Gasteiger partial charge < -0.3 is 14.9 Å². The largest absolute Gasteiger partial charge is 0.707 e. The fourth-order valence-electron chi connectivity index (χ4n) is 2.03. The van der Waals surface area contributed by atoms with Crippen LogP contribution in [-0.4, -0.2) is 63.1 Å². The monoisotopic (exact) mass is 323 g/mol. The predicted octanol–water partition coefficient (Wildman–Crippen LogP) is -0.981. The number of quaternary nitrogens is 1. The third kappa shape index (κ3) is 6.98. The van der Waals surface area contributed by atoms with Crippen molar-refractivity contribution in [2.45, 2.75) is 27.7 Å². The van der Waals surface area contributed by atoms with Gasteiger partial charge in [0, 0.05) is 13.8 Å². The molecule has 1 heterocycles. The van der Waals surface area contributed by atoms with Crippen molar-refractivity contribution in [3.63, 3.8) is 0 Å².